The van der Waals surface area contributed by atoms with Gasteiger partial charge in [0.15, 0.2) is 0 Å². The number of halogens is 1. The molecule has 1 N–H and O–H groups in total. The minimum Gasteiger partial charge on any atom is -0.388 e. The van der Waals surface area contributed by atoms with E-state index in [0.717, 1.165) is 16.8 Å². The Bertz CT molecular complexity index is 1120. The molecule has 0 aliphatic heterocycles. The fourth-order valence-electron chi connectivity index (χ4n) is 3.43. The van der Waals surface area contributed by atoms with Crippen LogP contribution in [0.15, 0.2) is 97.7 Å². The van der Waals surface area contributed by atoms with Crippen molar-refractivity contribution in [1.29, 1.82) is 0 Å². The summed E-state index contributed by atoms with van der Waals surface area (Å²) in [4.78, 5) is 0. The Morgan fingerprint density at radius 1 is 0.931 bits per heavy atom. The van der Waals surface area contributed by atoms with Gasteiger partial charge in [0.25, 0.3) is 0 Å². The molecule has 1 unspecified atom stereocenters. The highest BCUT2D eigenvalue weighted by Crippen LogP contribution is 2.34. The fourth-order valence-corrected chi connectivity index (χ4v) is 3.43. The van der Waals surface area contributed by atoms with Crippen LogP contribution in [0.1, 0.15) is 18.1 Å². The van der Waals surface area contributed by atoms with E-state index in [1.807, 2.05) is 42.5 Å². The number of hydrogen-bond acceptors (Lipinski definition) is 2. The molecule has 1 aromatic heterocycles. The average Bonchev–Trinajstić information content (AvgIpc) is 3.20. The monoisotopic (exact) mass is 384 g/mol. The first-order valence-corrected chi connectivity index (χ1v) is 9.46. The largest absolute Gasteiger partial charge is 0.388 e. The Labute approximate surface area is 169 Å². The molecule has 4 rings (SSSR count). The molecule has 0 spiro atoms. The van der Waals surface area contributed by atoms with Crippen LogP contribution in [0.3, 0.4) is 0 Å². The highest BCUT2D eigenvalue weighted by Gasteiger charge is 2.21. The van der Waals surface area contributed by atoms with E-state index in [9.17, 15) is 9.50 Å². The van der Waals surface area contributed by atoms with Crippen LogP contribution in [0, 0.1) is 5.82 Å². The average molecular weight is 384 g/mol. The maximum atomic E-state index is 14.6. The summed E-state index contributed by atoms with van der Waals surface area (Å²) in [5.41, 5.74) is 4.51. The number of aliphatic hydroxyl groups is 1. The zero-order valence-corrected chi connectivity index (χ0v) is 15.9. The first-order chi connectivity index (χ1) is 14.2. The molecule has 144 valence electrons. The predicted molar refractivity (Wildman–Crippen MR) is 114 cm³/mol. The van der Waals surface area contributed by atoms with Crippen molar-refractivity contribution >= 4 is 0 Å². The molecule has 0 saturated heterocycles. The van der Waals surface area contributed by atoms with E-state index in [-0.39, 0.29) is 5.82 Å². The van der Waals surface area contributed by atoms with E-state index in [0.29, 0.717) is 23.2 Å². The molecule has 3 nitrogen and oxygen atoms in total. The molecule has 1 atom stereocenters. The minimum absolute atomic E-state index is 0.359. The van der Waals surface area contributed by atoms with Gasteiger partial charge >= 0.3 is 0 Å². The first-order valence-electron chi connectivity index (χ1n) is 9.46. The third kappa shape index (κ3) is 3.75. The first kappa shape index (κ1) is 18.8. The molecule has 1 heterocycles. The highest BCUT2D eigenvalue weighted by atomic mass is 19.1. The van der Waals surface area contributed by atoms with Crippen molar-refractivity contribution in [3.8, 4) is 28.1 Å². The molecule has 0 saturated carbocycles. The van der Waals surface area contributed by atoms with E-state index in [4.69, 9.17) is 0 Å². The van der Waals surface area contributed by atoms with Gasteiger partial charge in [-0.15, -0.1) is 6.58 Å². The van der Waals surface area contributed by atoms with E-state index in [1.165, 1.54) is 6.07 Å². The molecule has 0 aliphatic rings. The van der Waals surface area contributed by atoms with Crippen molar-refractivity contribution in [3.63, 3.8) is 0 Å². The van der Waals surface area contributed by atoms with Gasteiger partial charge in [0, 0.05) is 11.1 Å². The summed E-state index contributed by atoms with van der Waals surface area (Å²) >= 11 is 0. The van der Waals surface area contributed by atoms with Gasteiger partial charge in [-0.1, -0.05) is 60.7 Å². The number of benzene rings is 3. The highest BCUT2D eigenvalue weighted by molar-refractivity contribution is 5.69. The van der Waals surface area contributed by atoms with Crippen LogP contribution < -0.4 is 0 Å². The Balaban J connectivity index is 1.82. The maximum absolute atomic E-state index is 14.6. The Kier molecular flexibility index (Phi) is 5.36. The second kappa shape index (κ2) is 8.25. The van der Waals surface area contributed by atoms with E-state index in [2.05, 4.69) is 23.8 Å². The summed E-state index contributed by atoms with van der Waals surface area (Å²) < 4.78 is 16.3. The number of rotatable bonds is 6. The third-order valence-corrected chi connectivity index (χ3v) is 4.89. The van der Waals surface area contributed by atoms with E-state index < -0.39 is 6.10 Å². The smallest absolute Gasteiger partial charge is 0.132 e. The molecular weight excluding hydrogens is 363 g/mol. The molecule has 4 heteroatoms. The Morgan fingerprint density at radius 3 is 2.28 bits per heavy atom. The lowest BCUT2D eigenvalue weighted by molar-refractivity contribution is 0.182. The van der Waals surface area contributed by atoms with Crippen LogP contribution in [0.5, 0.6) is 0 Å². The number of aliphatic hydroxyl groups excluding tert-OH is 1. The summed E-state index contributed by atoms with van der Waals surface area (Å²) in [7, 11) is 0. The van der Waals surface area contributed by atoms with Crippen LogP contribution in [0.4, 0.5) is 4.39 Å². The lowest BCUT2D eigenvalue weighted by Gasteiger charge is -2.14. The van der Waals surface area contributed by atoms with Crippen LogP contribution in [-0.4, -0.2) is 14.9 Å². The lowest BCUT2D eigenvalue weighted by Crippen LogP contribution is -2.03. The van der Waals surface area contributed by atoms with Gasteiger partial charge in [-0.05, 0) is 41.8 Å². The maximum Gasteiger partial charge on any atom is 0.132 e. The minimum atomic E-state index is -0.806. The molecular formula is C25H21FN2O. The summed E-state index contributed by atoms with van der Waals surface area (Å²) in [6, 6.07) is 24.5. The van der Waals surface area contributed by atoms with Gasteiger partial charge in [-0.3, -0.25) is 0 Å². The number of hydrogen-bond donors (Lipinski definition) is 1. The summed E-state index contributed by atoms with van der Waals surface area (Å²) in [5, 5.41) is 15.0. The zero-order valence-electron chi connectivity index (χ0n) is 15.9. The predicted octanol–water partition coefficient (Wildman–Crippen LogP) is 5.95. The van der Waals surface area contributed by atoms with Crippen molar-refractivity contribution < 1.29 is 9.50 Å². The molecule has 3 aromatic carbocycles. The third-order valence-electron chi connectivity index (χ3n) is 4.89. The Hall–Kier alpha value is -3.50. The number of aromatic nitrogens is 2. The van der Waals surface area contributed by atoms with Gasteiger partial charge in [0.05, 0.1) is 23.7 Å². The second-order valence-corrected chi connectivity index (χ2v) is 6.79. The van der Waals surface area contributed by atoms with Crippen LogP contribution in [-0.2, 0) is 0 Å². The van der Waals surface area contributed by atoms with Gasteiger partial charge in [-0.2, -0.15) is 5.10 Å². The molecule has 0 radical (unpaired) electrons. The van der Waals surface area contributed by atoms with Crippen molar-refractivity contribution in [2.75, 3.05) is 0 Å². The lowest BCUT2D eigenvalue weighted by atomic mass is 10.0. The molecule has 4 aromatic rings. The van der Waals surface area contributed by atoms with Crippen molar-refractivity contribution in [3.05, 3.63) is 109 Å². The van der Waals surface area contributed by atoms with Crippen LogP contribution in [0.2, 0.25) is 0 Å². The molecule has 0 bridgehead atoms. The second-order valence-electron chi connectivity index (χ2n) is 6.79. The molecule has 0 amide bonds. The van der Waals surface area contributed by atoms with Crippen molar-refractivity contribution in [2.24, 2.45) is 0 Å². The quantitative estimate of drug-likeness (QED) is 0.417. The zero-order chi connectivity index (χ0) is 20.2. The summed E-state index contributed by atoms with van der Waals surface area (Å²) in [6.07, 6.45) is 2.79. The van der Waals surface area contributed by atoms with Crippen molar-refractivity contribution in [1.82, 2.24) is 9.78 Å². The van der Waals surface area contributed by atoms with Crippen molar-refractivity contribution in [2.45, 2.75) is 12.5 Å². The normalized spacial score (nSPS) is 11.9. The van der Waals surface area contributed by atoms with Crippen LogP contribution in [0.25, 0.3) is 28.1 Å². The summed E-state index contributed by atoms with van der Waals surface area (Å²) in [6.45, 7) is 3.69. The standard InChI is InChI=1S/C25H21FN2O/c1-2-8-24(29)22-17-27-28(25(22)21-11-6-7-12-23(21)26)20-15-13-19(14-16-20)18-9-4-3-5-10-18/h2-7,9-17,24,29H,1,8H2. The van der Waals surface area contributed by atoms with E-state index in [1.54, 1.807) is 35.2 Å². The fraction of sp³-hybridized carbons (Fsp3) is 0.0800. The topological polar surface area (TPSA) is 38.1 Å². The van der Waals surface area contributed by atoms with Gasteiger partial charge in [0.1, 0.15) is 5.82 Å². The molecule has 0 aliphatic carbocycles. The SMILES string of the molecule is C=CCC(O)c1cnn(-c2ccc(-c3ccccc3)cc2)c1-c1ccccc1F. The summed E-state index contributed by atoms with van der Waals surface area (Å²) in [5.74, 6) is -0.359. The molecule has 29 heavy (non-hydrogen) atoms. The van der Waals surface area contributed by atoms with Gasteiger partial charge in [0.2, 0.25) is 0 Å². The number of nitrogens with zero attached hydrogens (tertiary/aromatic N) is 2. The van der Waals surface area contributed by atoms with Gasteiger partial charge in [-0.25, -0.2) is 9.07 Å². The van der Waals surface area contributed by atoms with Crippen LogP contribution >= 0.6 is 0 Å². The molecule has 0 fully saturated rings. The van der Waals surface area contributed by atoms with E-state index >= 15 is 0 Å². The Morgan fingerprint density at radius 2 is 1.59 bits per heavy atom. The van der Waals surface area contributed by atoms with Gasteiger partial charge < -0.3 is 5.11 Å².